The van der Waals surface area contributed by atoms with Crippen molar-refractivity contribution in [3.8, 4) is 22.6 Å². The fourth-order valence-corrected chi connectivity index (χ4v) is 7.18. The number of rotatable bonds is 7. The Morgan fingerprint density at radius 2 is 1.21 bits per heavy atom. The summed E-state index contributed by atoms with van der Waals surface area (Å²) in [5.41, 5.74) is 2.09. The second kappa shape index (κ2) is 11.2. The Balaban J connectivity index is 1.53. The lowest BCUT2D eigenvalue weighted by Gasteiger charge is -2.32. The van der Waals surface area contributed by atoms with Crippen LogP contribution in [-0.2, 0) is 4.52 Å². The third-order valence-corrected chi connectivity index (χ3v) is 9.21. The van der Waals surface area contributed by atoms with E-state index < -0.39 is 8.38 Å². The average Bonchev–Trinajstić information content (AvgIpc) is 2.97. The van der Waals surface area contributed by atoms with E-state index in [-0.39, 0.29) is 6.10 Å². The fraction of sp³-hybridized carbons (Fsp3) is 0.235. The zero-order valence-electron chi connectivity index (χ0n) is 22.0. The molecule has 3 nitrogen and oxygen atoms in total. The summed E-state index contributed by atoms with van der Waals surface area (Å²) in [5.74, 6) is 2.17. The maximum Gasteiger partial charge on any atom is 0.265 e. The zero-order chi connectivity index (χ0) is 25.9. The molecule has 0 aliphatic heterocycles. The van der Waals surface area contributed by atoms with Crippen molar-refractivity contribution in [1.29, 1.82) is 0 Å². The van der Waals surface area contributed by atoms with Crippen LogP contribution in [0.4, 0.5) is 0 Å². The molecule has 1 fully saturated rings. The van der Waals surface area contributed by atoms with E-state index in [1.807, 2.05) is 6.07 Å². The first-order chi connectivity index (χ1) is 18.7. The first-order valence-electron chi connectivity index (χ1n) is 13.5. The first-order valence-corrected chi connectivity index (χ1v) is 14.7. The van der Waals surface area contributed by atoms with Gasteiger partial charge in [-0.25, -0.2) is 0 Å². The molecule has 5 aromatic rings. The Bertz CT molecular complexity index is 1550. The van der Waals surface area contributed by atoms with Gasteiger partial charge in [-0.1, -0.05) is 98.6 Å². The van der Waals surface area contributed by atoms with Crippen LogP contribution in [0.25, 0.3) is 32.7 Å². The van der Waals surface area contributed by atoms with E-state index in [9.17, 15) is 0 Å². The predicted octanol–water partition coefficient (Wildman–Crippen LogP) is 9.28. The van der Waals surface area contributed by atoms with Crippen molar-refractivity contribution >= 4 is 35.2 Å². The molecular weight excluding hydrogens is 487 g/mol. The number of hydrogen-bond donors (Lipinski definition) is 0. The molecule has 0 N–H and O–H groups in total. The molecule has 192 valence electrons. The lowest BCUT2D eigenvalue weighted by Crippen LogP contribution is -2.26. The van der Waals surface area contributed by atoms with Gasteiger partial charge in [-0.2, -0.15) is 0 Å². The van der Waals surface area contributed by atoms with Crippen molar-refractivity contribution in [3.05, 3.63) is 103 Å². The van der Waals surface area contributed by atoms with Gasteiger partial charge in [-0.05, 0) is 64.6 Å². The molecule has 1 saturated carbocycles. The topological polar surface area (TPSA) is 27.7 Å². The van der Waals surface area contributed by atoms with E-state index in [4.69, 9.17) is 13.8 Å². The van der Waals surface area contributed by atoms with Crippen LogP contribution < -0.4 is 14.6 Å². The minimum Gasteiger partial charge on any atom is -0.496 e. The summed E-state index contributed by atoms with van der Waals surface area (Å²) in [5, 5.41) is 5.69. The van der Waals surface area contributed by atoms with Gasteiger partial charge >= 0.3 is 0 Å². The molecule has 0 radical (unpaired) electrons. The molecule has 3 unspecified atom stereocenters. The van der Waals surface area contributed by atoms with Gasteiger partial charge in [0.2, 0.25) is 0 Å². The molecule has 1 aliphatic carbocycles. The highest BCUT2D eigenvalue weighted by Crippen LogP contribution is 2.50. The van der Waals surface area contributed by atoms with Crippen LogP contribution in [-0.4, -0.2) is 13.2 Å². The van der Waals surface area contributed by atoms with Gasteiger partial charge in [-0.3, -0.25) is 0 Å². The number of hydrogen-bond acceptors (Lipinski definition) is 3. The van der Waals surface area contributed by atoms with Crippen LogP contribution in [0.1, 0.15) is 32.6 Å². The lowest BCUT2D eigenvalue weighted by molar-refractivity contribution is 0.108. The van der Waals surface area contributed by atoms with Crippen LogP contribution in [0.5, 0.6) is 11.5 Å². The van der Waals surface area contributed by atoms with E-state index >= 15 is 0 Å². The van der Waals surface area contributed by atoms with Gasteiger partial charge in [-0.15, -0.1) is 0 Å². The Morgan fingerprint density at radius 1 is 0.632 bits per heavy atom. The first kappa shape index (κ1) is 24.9. The number of fused-ring (bicyclic) bond motifs is 2. The van der Waals surface area contributed by atoms with Crippen molar-refractivity contribution in [2.24, 2.45) is 5.92 Å². The summed E-state index contributed by atoms with van der Waals surface area (Å²) in [6, 6.07) is 35.8. The molecule has 3 atom stereocenters. The van der Waals surface area contributed by atoms with Crippen LogP contribution >= 0.6 is 8.38 Å². The third-order valence-electron chi connectivity index (χ3n) is 7.66. The quantitative estimate of drug-likeness (QED) is 0.200. The van der Waals surface area contributed by atoms with Crippen LogP contribution in [0.3, 0.4) is 0 Å². The summed E-state index contributed by atoms with van der Waals surface area (Å²) in [4.78, 5) is 0. The molecule has 38 heavy (non-hydrogen) atoms. The van der Waals surface area contributed by atoms with E-state index in [1.54, 1.807) is 7.11 Å². The second-order valence-electron chi connectivity index (χ2n) is 10.1. The lowest BCUT2D eigenvalue weighted by atomic mass is 9.88. The number of ether oxygens (including phenoxy) is 1. The van der Waals surface area contributed by atoms with Gasteiger partial charge in [0.15, 0.2) is 0 Å². The molecule has 0 amide bonds. The summed E-state index contributed by atoms with van der Waals surface area (Å²) >= 11 is 0. The van der Waals surface area contributed by atoms with Gasteiger partial charge in [0.1, 0.15) is 11.5 Å². The number of methoxy groups -OCH3 is 1. The normalized spacial score (nSPS) is 18.4. The average molecular weight is 521 g/mol. The third kappa shape index (κ3) is 4.89. The van der Waals surface area contributed by atoms with E-state index in [0.717, 1.165) is 50.5 Å². The Hall–Kier alpha value is -3.39. The summed E-state index contributed by atoms with van der Waals surface area (Å²) in [7, 11) is 0.398. The molecule has 4 heteroatoms. The summed E-state index contributed by atoms with van der Waals surface area (Å²) in [6.07, 6.45) is 4.98. The molecule has 0 spiro atoms. The van der Waals surface area contributed by atoms with Crippen LogP contribution in [0.2, 0.25) is 0 Å². The minimum absolute atomic E-state index is 0.200. The zero-order valence-corrected chi connectivity index (χ0v) is 22.9. The largest absolute Gasteiger partial charge is 0.496 e. The van der Waals surface area contributed by atoms with Crippen LogP contribution in [0.15, 0.2) is 103 Å². The van der Waals surface area contributed by atoms with E-state index in [0.29, 0.717) is 5.92 Å². The highest BCUT2D eigenvalue weighted by molar-refractivity contribution is 7.56. The van der Waals surface area contributed by atoms with Crippen molar-refractivity contribution in [1.82, 2.24) is 0 Å². The molecular formula is C34H33O3P. The van der Waals surface area contributed by atoms with Crippen LogP contribution in [0, 0.1) is 5.92 Å². The molecule has 0 aromatic heterocycles. The monoisotopic (exact) mass is 520 g/mol. The van der Waals surface area contributed by atoms with Gasteiger partial charge in [0, 0.05) is 16.4 Å². The molecule has 1 aliphatic rings. The van der Waals surface area contributed by atoms with Crippen molar-refractivity contribution in [2.75, 3.05) is 7.11 Å². The van der Waals surface area contributed by atoms with Crippen molar-refractivity contribution in [2.45, 2.75) is 38.7 Å². The smallest absolute Gasteiger partial charge is 0.265 e. The fourth-order valence-electron chi connectivity index (χ4n) is 5.60. The van der Waals surface area contributed by atoms with Crippen molar-refractivity contribution in [3.63, 3.8) is 0 Å². The SMILES string of the molecule is COc1ccc2ccccc2c1-c1c(OP(OC2CCCCC2C)c2ccccc2)ccc2ccccc12. The number of benzene rings is 5. The summed E-state index contributed by atoms with van der Waals surface area (Å²) in [6.45, 7) is 2.31. The standard InChI is InChI=1S/C34H33O3P/c1-24-12-6-11-19-30(24)36-38(27-15-4-3-5-16-27)37-32-23-21-26-14-8-10-18-29(26)34(32)33-28-17-9-7-13-25(28)20-22-31(33)35-2/h3-5,7-10,13-18,20-24,30H,6,11-12,19H2,1-2H3. The van der Waals surface area contributed by atoms with Gasteiger partial charge < -0.3 is 13.8 Å². The maximum absolute atomic E-state index is 6.98. The minimum atomic E-state index is -1.34. The Morgan fingerprint density at radius 3 is 1.87 bits per heavy atom. The Kier molecular flexibility index (Phi) is 7.31. The van der Waals surface area contributed by atoms with E-state index in [2.05, 4.69) is 104 Å². The summed E-state index contributed by atoms with van der Waals surface area (Å²) < 4.78 is 19.8. The molecule has 6 rings (SSSR count). The Labute approximate surface area is 226 Å². The van der Waals surface area contributed by atoms with E-state index in [1.165, 1.54) is 24.6 Å². The van der Waals surface area contributed by atoms with Crippen molar-refractivity contribution < 1.29 is 13.8 Å². The molecule has 0 bridgehead atoms. The molecule has 0 saturated heterocycles. The van der Waals surface area contributed by atoms with Gasteiger partial charge in [0.25, 0.3) is 8.38 Å². The van der Waals surface area contributed by atoms with Gasteiger partial charge in [0.05, 0.1) is 13.2 Å². The molecule has 5 aromatic carbocycles. The maximum atomic E-state index is 6.98. The predicted molar refractivity (Wildman–Crippen MR) is 160 cm³/mol. The highest BCUT2D eigenvalue weighted by Gasteiger charge is 2.29. The molecule has 0 heterocycles. The second-order valence-corrected chi connectivity index (χ2v) is 11.5. The highest BCUT2D eigenvalue weighted by atomic mass is 31.2.